The molecular weight excluding hydrogens is 180 g/mol. The van der Waals surface area contributed by atoms with Crippen LogP contribution in [0.5, 0.6) is 0 Å². The average Bonchev–Trinajstić information content (AvgIpc) is 2.16. The summed E-state index contributed by atoms with van der Waals surface area (Å²) < 4.78 is 5.29. The third kappa shape index (κ3) is 3.27. The summed E-state index contributed by atoms with van der Waals surface area (Å²) in [5.74, 6) is 0.0336. The minimum Gasteiger partial charge on any atom is -0.379 e. The maximum absolute atomic E-state index is 10.8. The van der Waals surface area contributed by atoms with Crippen LogP contribution in [0, 0.1) is 0 Å². The van der Waals surface area contributed by atoms with E-state index in [9.17, 15) is 4.79 Å². The summed E-state index contributed by atoms with van der Waals surface area (Å²) in [6, 6.07) is 0. The quantitative estimate of drug-likeness (QED) is 0.709. The Hall–Kier alpha value is -0.610. The summed E-state index contributed by atoms with van der Waals surface area (Å²) >= 11 is 0. The first-order chi connectivity index (χ1) is 6.52. The molecule has 0 aromatic heterocycles. The van der Waals surface area contributed by atoms with Gasteiger partial charge in [0.2, 0.25) is 5.91 Å². The van der Waals surface area contributed by atoms with Crippen molar-refractivity contribution >= 4 is 5.91 Å². The van der Waals surface area contributed by atoms with Crippen molar-refractivity contribution in [3.63, 3.8) is 0 Å². The van der Waals surface area contributed by atoms with Crippen LogP contribution >= 0.6 is 0 Å². The van der Waals surface area contributed by atoms with E-state index in [1.165, 1.54) is 0 Å². The van der Waals surface area contributed by atoms with Crippen LogP contribution in [0.15, 0.2) is 0 Å². The molecule has 4 nitrogen and oxygen atoms in total. The van der Waals surface area contributed by atoms with Gasteiger partial charge in [0.15, 0.2) is 0 Å². The largest absolute Gasteiger partial charge is 0.379 e. The number of hydrogen-bond donors (Lipinski definition) is 1. The Bertz CT molecular complexity index is 198. The van der Waals surface area contributed by atoms with E-state index in [-0.39, 0.29) is 11.4 Å². The number of nitrogens with zero attached hydrogens (tertiary/aromatic N) is 1. The van der Waals surface area contributed by atoms with Crippen LogP contribution in [0.4, 0.5) is 0 Å². The van der Waals surface area contributed by atoms with Crippen molar-refractivity contribution < 1.29 is 9.53 Å². The molecule has 0 aromatic rings. The van der Waals surface area contributed by atoms with Gasteiger partial charge in [-0.1, -0.05) is 0 Å². The van der Waals surface area contributed by atoms with Gasteiger partial charge in [0.05, 0.1) is 13.2 Å². The predicted octanol–water partition coefficient (Wildman–Crippen LogP) is 0.233. The van der Waals surface area contributed by atoms with E-state index in [2.05, 4.69) is 24.1 Å². The molecule has 1 rings (SSSR count). The summed E-state index contributed by atoms with van der Waals surface area (Å²) in [6.45, 7) is 10.0. The summed E-state index contributed by atoms with van der Waals surface area (Å²) in [7, 11) is 0. The van der Waals surface area contributed by atoms with Gasteiger partial charge in [-0.3, -0.25) is 9.69 Å². The van der Waals surface area contributed by atoms with Gasteiger partial charge in [0.1, 0.15) is 0 Å². The van der Waals surface area contributed by atoms with Crippen molar-refractivity contribution in [3.05, 3.63) is 0 Å². The van der Waals surface area contributed by atoms with Crippen LogP contribution in [0.3, 0.4) is 0 Å². The van der Waals surface area contributed by atoms with Crippen molar-refractivity contribution in [1.29, 1.82) is 0 Å². The fourth-order valence-corrected chi connectivity index (χ4v) is 1.62. The monoisotopic (exact) mass is 200 g/mol. The number of rotatable bonds is 3. The Morgan fingerprint density at radius 2 is 2.00 bits per heavy atom. The van der Waals surface area contributed by atoms with E-state index in [0.717, 1.165) is 26.3 Å². The first-order valence-corrected chi connectivity index (χ1v) is 5.09. The Kier molecular flexibility index (Phi) is 3.89. The maximum Gasteiger partial charge on any atom is 0.216 e. The topological polar surface area (TPSA) is 41.6 Å². The van der Waals surface area contributed by atoms with E-state index in [1.807, 2.05) is 0 Å². The van der Waals surface area contributed by atoms with E-state index >= 15 is 0 Å². The third-order valence-corrected chi connectivity index (χ3v) is 2.64. The predicted molar refractivity (Wildman–Crippen MR) is 55.2 cm³/mol. The van der Waals surface area contributed by atoms with Crippen LogP contribution < -0.4 is 5.32 Å². The molecule has 1 fully saturated rings. The molecule has 1 amide bonds. The highest BCUT2D eigenvalue weighted by Gasteiger charge is 2.27. The number of carbonyl (C=O) groups excluding carboxylic acids is 1. The standard InChI is InChI=1S/C10H20N2O2/c1-9(13)11-8-10(2,3)12-4-6-14-7-5-12/h4-8H2,1-3H3,(H,11,13). The molecule has 1 heterocycles. The molecule has 0 aromatic carbocycles. The normalized spacial score (nSPS) is 19.4. The Morgan fingerprint density at radius 3 is 2.50 bits per heavy atom. The number of hydrogen-bond acceptors (Lipinski definition) is 3. The molecule has 82 valence electrons. The lowest BCUT2D eigenvalue weighted by Crippen LogP contribution is -2.55. The molecule has 0 saturated carbocycles. The fourth-order valence-electron chi connectivity index (χ4n) is 1.62. The first kappa shape index (κ1) is 11.5. The van der Waals surface area contributed by atoms with Crippen molar-refractivity contribution in [3.8, 4) is 0 Å². The van der Waals surface area contributed by atoms with Gasteiger partial charge in [-0.05, 0) is 13.8 Å². The van der Waals surface area contributed by atoms with E-state index in [0.29, 0.717) is 6.54 Å². The lowest BCUT2D eigenvalue weighted by Gasteiger charge is -2.40. The van der Waals surface area contributed by atoms with Gasteiger partial charge in [-0.25, -0.2) is 0 Å². The zero-order valence-corrected chi connectivity index (χ0v) is 9.30. The second-order valence-electron chi connectivity index (χ2n) is 4.32. The zero-order valence-electron chi connectivity index (χ0n) is 9.30. The number of nitrogens with one attached hydrogen (secondary N) is 1. The molecule has 1 saturated heterocycles. The summed E-state index contributed by atoms with van der Waals surface area (Å²) in [5, 5.41) is 2.86. The molecular formula is C10H20N2O2. The van der Waals surface area contributed by atoms with Crippen LogP contribution in [-0.2, 0) is 9.53 Å². The fraction of sp³-hybridized carbons (Fsp3) is 0.900. The molecule has 14 heavy (non-hydrogen) atoms. The van der Waals surface area contributed by atoms with E-state index in [1.54, 1.807) is 6.92 Å². The van der Waals surface area contributed by atoms with Gasteiger partial charge >= 0.3 is 0 Å². The van der Waals surface area contributed by atoms with Gasteiger partial charge in [0.25, 0.3) is 0 Å². The van der Waals surface area contributed by atoms with Crippen molar-refractivity contribution in [2.45, 2.75) is 26.3 Å². The first-order valence-electron chi connectivity index (χ1n) is 5.09. The minimum atomic E-state index is 0.0233. The molecule has 0 spiro atoms. The highest BCUT2D eigenvalue weighted by molar-refractivity contribution is 5.72. The van der Waals surface area contributed by atoms with Gasteiger partial charge < -0.3 is 10.1 Å². The molecule has 0 aliphatic carbocycles. The van der Waals surface area contributed by atoms with Crippen molar-refractivity contribution in [1.82, 2.24) is 10.2 Å². The molecule has 1 aliphatic rings. The summed E-state index contributed by atoms with van der Waals surface area (Å²) in [5.41, 5.74) is 0.0233. The molecule has 0 bridgehead atoms. The smallest absolute Gasteiger partial charge is 0.216 e. The van der Waals surface area contributed by atoms with Gasteiger partial charge in [0, 0.05) is 32.1 Å². The number of ether oxygens (including phenoxy) is 1. The summed E-state index contributed by atoms with van der Waals surface area (Å²) in [6.07, 6.45) is 0. The van der Waals surface area contributed by atoms with Crippen LogP contribution in [0.2, 0.25) is 0 Å². The summed E-state index contributed by atoms with van der Waals surface area (Å²) in [4.78, 5) is 13.2. The van der Waals surface area contributed by atoms with Crippen LogP contribution in [0.1, 0.15) is 20.8 Å². The van der Waals surface area contributed by atoms with Crippen LogP contribution in [0.25, 0.3) is 0 Å². The number of morpholine rings is 1. The highest BCUT2D eigenvalue weighted by atomic mass is 16.5. The van der Waals surface area contributed by atoms with E-state index < -0.39 is 0 Å². The Balaban J connectivity index is 2.41. The van der Waals surface area contributed by atoms with Crippen molar-refractivity contribution in [2.24, 2.45) is 0 Å². The van der Waals surface area contributed by atoms with Gasteiger partial charge in [-0.2, -0.15) is 0 Å². The zero-order chi connectivity index (χ0) is 10.6. The lowest BCUT2D eigenvalue weighted by atomic mass is 10.0. The lowest BCUT2D eigenvalue weighted by molar-refractivity contribution is -0.119. The average molecular weight is 200 g/mol. The molecule has 4 heteroatoms. The minimum absolute atomic E-state index is 0.0233. The Morgan fingerprint density at radius 1 is 1.43 bits per heavy atom. The molecule has 0 unspecified atom stereocenters. The number of amides is 1. The molecule has 0 radical (unpaired) electrons. The SMILES string of the molecule is CC(=O)NCC(C)(C)N1CCOCC1. The molecule has 1 aliphatic heterocycles. The molecule has 0 atom stereocenters. The van der Waals surface area contributed by atoms with Gasteiger partial charge in [-0.15, -0.1) is 0 Å². The van der Waals surface area contributed by atoms with Crippen molar-refractivity contribution in [2.75, 3.05) is 32.8 Å². The third-order valence-electron chi connectivity index (χ3n) is 2.64. The highest BCUT2D eigenvalue weighted by Crippen LogP contribution is 2.14. The number of carbonyl (C=O) groups is 1. The second-order valence-corrected chi connectivity index (χ2v) is 4.32. The van der Waals surface area contributed by atoms with Crippen LogP contribution in [-0.4, -0.2) is 49.2 Å². The maximum atomic E-state index is 10.8. The molecule has 1 N–H and O–H groups in total. The van der Waals surface area contributed by atoms with E-state index in [4.69, 9.17) is 4.74 Å². The second kappa shape index (κ2) is 4.75. The Labute approximate surface area is 85.6 Å².